The summed E-state index contributed by atoms with van der Waals surface area (Å²) in [4.78, 5) is 30.9. The zero-order valence-corrected chi connectivity index (χ0v) is 24.5. The van der Waals surface area contributed by atoms with Crippen LogP contribution >= 0.6 is 0 Å². The summed E-state index contributed by atoms with van der Waals surface area (Å²) in [5, 5.41) is 11.6. The zero-order valence-electron chi connectivity index (χ0n) is 24.5. The molecule has 3 aromatic carbocycles. The average molecular weight is 583 g/mol. The molecule has 2 heterocycles. The highest BCUT2D eigenvalue weighted by molar-refractivity contribution is 6.46. The molecule has 0 spiro atoms. The molecule has 8 heteroatoms. The SMILES string of the molecule is C=CCOc1ccc(/C(O)=C2\C(=O)C(=O)N(CCCN3CCOCC3)C2c2ccc(OCc3ccccc3)cc2)c(C)c1. The van der Waals surface area contributed by atoms with Crippen molar-refractivity contribution in [2.75, 3.05) is 46.0 Å². The number of Topliss-reactive ketones (excluding diaryl/α,β-unsaturated/α-hetero) is 1. The maximum Gasteiger partial charge on any atom is 0.295 e. The summed E-state index contributed by atoms with van der Waals surface area (Å²) < 4.78 is 17.0. The molecule has 2 saturated heterocycles. The molecule has 0 saturated carbocycles. The van der Waals surface area contributed by atoms with Gasteiger partial charge < -0.3 is 24.2 Å². The number of benzene rings is 3. The highest BCUT2D eigenvalue weighted by Crippen LogP contribution is 2.40. The highest BCUT2D eigenvalue weighted by Gasteiger charge is 2.46. The van der Waals surface area contributed by atoms with Crippen molar-refractivity contribution in [3.8, 4) is 11.5 Å². The van der Waals surface area contributed by atoms with Crippen LogP contribution in [0.25, 0.3) is 5.76 Å². The smallest absolute Gasteiger partial charge is 0.295 e. The molecular weight excluding hydrogens is 544 g/mol. The topological polar surface area (TPSA) is 88.5 Å². The van der Waals surface area contributed by atoms with Crippen LogP contribution in [0.1, 0.15) is 34.7 Å². The summed E-state index contributed by atoms with van der Waals surface area (Å²) in [6.07, 6.45) is 2.35. The van der Waals surface area contributed by atoms with Crippen LogP contribution in [0.4, 0.5) is 0 Å². The number of ether oxygens (including phenoxy) is 3. The van der Waals surface area contributed by atoms with Gasteiger partial charge in [0, 0.05) is 31.7 Å². The third-order valence-corrected chi connectivity index (χ3v) is 7.78. The first-order valence-electron chi connectivity index (χ1n) is 14.7. The monoisotopic (exact) mass is 582 g/mol. The van der Waals surface area contributed by atoms with Crippen LogP contribution in [0, 0.1) is 6.92 Å². The van der Waals surface area contributed by atoms with E-state index in [0.29, 0.717) is 56.5 Å². The lowest BCUT2D eigenvalue weighted by atomic mass is 9.93. The molecule has 8 nitrogen and oxygen atoms in total. The summed E-state index contributed by atoms with van der Waals surface area (Å²) in [6.45, 7) is 10.5. The number of ketones is 1. The summed E-state index contributed by atoms with van der Waals surface area (Å²) in [5.74, 6) is -0.203. The molecule has 1 amide bonds. The Morgan fingerprint density at radius 3 is 2.40 bits per heavy atom. The molecule has 3 aromatic rings. The third kappa shape index (κ3) is 7.16. The first kappa shape index (κ1) is 30.1. The number of rotatable bonds is 12. The Kier molecular flexibility index (Phi) is 9.92. The van der Waals surface area contributed by atoms with Crippen molar-refractivity contribution in [2.24, 2.45) is 0 Å². The van der Waals surface area contributed by atoms with E-state index in [1.54, 1.807) is 29.2 Å². The fraction of sp³-hybridized carbons (Fsp3) is 0.314. The van der Waals surface area contributed by atoms with Gasteiger partial charge >= 0.3 is 0 Å². The van der Waals surface area contributed by atoms with E-state index in [4.69, 9.17) is 14.2 Å². The number of hydrogen-bond acceptors (Lipinski definition) is 7. The molecule has 43 heavy (non-hydrogen) atoms. The molecule has 224 valence electrons. The Hall–Kier alpha value is -4.40. The van der Waals surface area contributed by atoms with Gasteiger partial charge in [-0.3, -0.25) is 14.5 Å². The van der Waals surface area contributed by atoms with Gasteiger partial charge in [0.15, 0.2) is 0 Å². The normalized spacial score (nSPS) is 18.5. The second kappa shape index (κ2) is 14.2. The maximum atomic E-state index is 13.5. The lowest BCUT2D eigenvalue weighted by Crippen LogP contribution is -2.38. The molecule has 1 unspecified atom stereocenters. The Bertz CT molecular complexity index is 1460. The van der Waals surface area contributed by atoms with E-state index in [2.05, 4.69) is 11.5 Å². The minimum atomic E-state index is -0.732. The molecule has 2 aliphatic heterocycles. The van der Waals surface area contributed by atoms with Crippen LogP contribution in [-0.4, -0.2) is 72.6 Å². The number of aryl methyl sites for hydroxylation is 1. The molecule has 0 aliphatic carbocycles. The van der Waals surface area contributed by atoms with Gasteiger partial charge in [0.25, 0.3) is 11.7 Å². The van der Waals surface area contributed by atoms with Crippen molar-refractivity contribution >= 4 is 17.4 Å². The van der Waals surface area contributed by atoms with Gasteiger partial charge in [0.05, 0.1) is 24.8 Å². The average Bonchev–Trinajstić information content (AvgIpc) is 3.29. The summed E-state index contributed by atoms with van der Waals surface area (Å²) in [6, 6.07) is 21.8. The zero-order chi connectivity index (χ0) is 30.2. The number of aliphatic hydroxyl groups excluding tert-OH is 1. The largest absolute Gasteiger partial charge is 0.507 e. The van der Waals surface area contributed by atoms with Gasteiger partial charge in [-0.15, -0.1) is 0 Å². The molecule has 0 bridgehead atoms. The van der Waals surface area contributed by atoms with Gasteiger partial charge in [-0.05, 0) is 60.4 Å². The molecule has 2 fully saturated rings. The van der Waals surface area contributed by atoms with Gasteiger partial charge in [0.1, 0.15) is 30.5 Å². The fourth-order valence-electron chi connectivity index (χ4n) is 5.53. The van der Waals surface area contributed by atoms with Crippen molar-refractivity contribution in [2.45, 2.75) is 26.0 Å². The number of morpholine rings is 1. The van der Waals surface area contributed by atoms with Gasteiger partial charge in [-0.25, -0.2) is 0 Å². The standard InChI is InChI=1S/C35H38N2O6/c1-3-20-42-29-14-15-30(25(2)23-29)33(38)31-32(27-10-12-28(13-11-27)43-24-26-8-5-4-6-9-26)37(35(40)34(31)39)17-7-16-36-18-21-41-22-19-36/h3-6,8-15,23,32,38H,1,7,16-22,24H2,2H3/b33-31+. The van der Waals surface area contributed by atoms with Crippen molar-refractivity contribution in [1.82, 2.24) is 9.80 Å². The molecule has 0 aromatic heterocycles. The number of likely N-dealkylation sites (tertiary alicyclic amines) is 1. The van der Waals surface area contributed by atoms with E-state index in [0.717, 1.165) is 36.3 Å². The van der Waals surface area contributed by atoms with Gasteiger partial charge in [-0.2, -0.15) is 0 Å². The number of carbonyl (C=O) groups excluding carboxylic acids is 2. The number of carbonyl (C=O) groups is 2. The quantitative estimate of drug-likeness (QED) is 0.135. The number of nitrogens with zero attached hydrogens (tertiary/aromatic N) is 2. The Balaban J connectivity index is 1.44. The van der Waals surface area contributed by atoms with Crippen molar-refractivity contribution in [3.05, 3.63) is 113 Å². The first-order valence-corrected chi connectivity index (χ1v) is 14.7. The lowest BCUT2D eigenvalue weighted by Gasteiger charge is -2.29. The molecule has 0 radical (unpaired) electrons. The van der Waals surface area contributed by atoms with E-state index in [9.17, 15) is 14.7 Å². The van der Waals surface area contributed by atoms with Crippen LogP contribution in [0.2, 0.25) is 0 Å². The number of amides is 1. The van der Waals surface area contributed by atoms with Gasteiger partial charge in [0.2, 0.25) is 0 Å². The molecule has 5 rings (SSSR count). The van der Waals surface area contributed by atoms with Crippen LogP contribution in [0.5, 0.6) is 11.5 Å². The van der Waals surface area contributed by atoms with E-state index in [1.165, 1.54) is 0 Å². The fourth-order valence-corrected chi connectivity index (χ4v) is 5.53. The lowest BCUT2D eigenvalue weighted by molar-refractivity contribution is -0.140. The van der Waals surface area contributed by atoms with Crippen molar-refractivity contribution in [1.29, 1.82) is 0 Å². The van der Waals surface area contributed by atoms with E-state index in [1.807, 2.05) is 61.5 Å². The van der Waals surface area contributed by atoms with Crippen molar-refractivity contribution in [3.63, 3.8) is 0 Å². The van der Waals surface area contributed by atoms with Crippen molar-refractivity contribution < 1.29 is 28.9 Å². The second-order valence-electron chi connectivity index (χ2n) is 10.7. The highest BCUT2D eigenvalue weighted by atomic mass is 16.5. The predicted octanol–water partition coefficient (Wildman–Crippen LogP) is 5.28. The van der Waals surface area contributed by atoms with E-state index in [-0.39, 0.29) is 11.3 Å². The van der Waals surface area contributed by atoms with Crippen LogP contribution in [0.3, 0.4) is 0 Å². The molecular formula is C35H38N2O6. The summed E-state index contributed by atoms with van der Waals surface area (Å²) in [7, 11) is 0. The molecule has 2 aliphatic rings. The summed E-state index contributed by atoms with van der Waals surface area (Å²) >= 11 is 0. The second-order valence-corrected chi connectivity index (χ2v) is 10.7. The first-order chi connectivity index (χ1) is 21.0. The minimum Gasteiger partial charge on any atom is -0.507 e. The minimum absolute atomic E-state index is 0.0807. The molecule has 1 N–H and O–H groups in total. The number of aliphatic hydroxyl groups is 1. The summed E-state index contributed by atoms with van der Waals surface area (Å²) in [5.41, 5.74) is 3.06. The maximum absolute atomic E-state index is 13.5. The van der Waals surface area contributed by atoms with Crippen LogP contribution in [-0.2, 0) is 20.9 Å². The number of hydrogen-bond donors (Lipinski definition) is 1. The Morgan fingerprint density at radius 1 is 0.977 bits per heavy atom. The van der Waals surface area contributed by atoms with Gasteiger partial charge in [-0.1, -0.05) is 55.1 Å². The predicted molar refractivity (Wildman–Crippen MR) is 165 cm³/mol. The van der Waals surface area contributed by atoms with E-state index < -0.39 is 17.7 Å². The Labute approximate surface area is 252 Å². The van der Waals surface area contributed by atoms with Crippen LogP contribution in [0.15, 0.2) is 91.0 Å². The third-order valence-electron chi connectivity index (χ3n) is 7.78. The Morgan fingerprint density at radius 2 is 1.70 bits per heavy atom. The molecule has 1 atom stereocenters. The van der Waals surface area contributed by atoms with Crippen LogP contribution < -0.4 is 9.47 Å². The van der Waals surface area contributed by atoms with E-state index >= 15 is 0 Å².